The quantitative estimate of drug-likeness (QED) is 0.0146. The topological polar surface area (TPSA) is 231 Å². The highest BCUT2D eigenvalue weighted by atomic mass is 31.2. The molecule has 0 bridgehead atoms. The van der Waals surface area contributed by atoms with Crippen LogP contribution in [0.5, 0.6) is 0 Å². The predicted molar refractivity (Wildman–Crippen MR) is 444 cm³/mol. The Morgan fingerprint density at radius 1 is 0.262 bits per heavy atom. The van der Waals surface area contributed by atoms with Crippen LogP contribution in [0.15, 0.2) is 219 Å². The number of unbranched alkanes of at least 4 members (excludes halogenated alkanes) is 14. The van der Waals surface area contributed by atoms with E-state index in [2.05, 4.69) is 240 Å². The number of phosphoric ester groups is 2. The van der Waals surface area contributed by atoms with E-state index in [-0.39, 0.29) is 19.3 Å². The Morgan fingerprint density at radius 3 is 0.757 bits per heavy atom. The number of ether oxygens (including phenoxy) is 3. The van der Waals surface area contributed by atoms with E-state index in [1.807, 2.05) is 0 Å². The fourth-order valence-electron chi connectivity index (χ4n) is 9.70. The first-order valence-electron chi connectivity index (χ1n) is 40.0. The fraction of sp³-hybridized carbons (Fsp3) is 0.562. The lowest BCUT2D eigenvalue weighted by Crippen LogP contribution is -2.30. The summed E-state index contributed by atoms with van der Waals surface area (Å²) < 4.78 is 61.2. The summed E-state index contributed by atoms with van der Waals surface area (Å²) in [5.74, 6) is -1.68. The molecule has 18 heteroatoms. The largest absolute Gasteiger partial charge is 0.472 e. The molecule has 0 aromatic carbocycles. The second kappa shape index (κ2) is 79.4. The zero-order valence-corrected chi connectivity index (χ0v) is 67.5. The molecule has 0 saturated heterocycles. The standard InChI is InChI=1S/C89H140O16P2/c1-4-7-10-13-16-19-22-25-28-31-34-37-39-41-43-46-48-51-54-57-60-63-66-69-72-75-87(92)99-78-84(90)79-101-106(95,96)102-80-85(91)81-103-107(97,98)104-83-86(105-89(94)77-74-71-68-65-62-59-56-53-50-45-36-33-30-27-24-21-18-15-12-9-6-3)82-100-88(93)76-73-70-67-64-61-58-55-52-49-47-44-42-40-38-35-32-29-26-23-20-17-14-11-8-5-2/h7-12,16-21,25-30,34-38,41-45,48-49,51-53,56,62,65,84-86,90-91H,4-6,13-15,22-24,31-33,39-40,46-47,50,54-55,57-61,63-64,66-83H2,1-3H3,(H,95,96)(H,97,98)/b10-7-,11-8-,12-9-,19-16-,20-17-,21-18-,28-25-,29-26-,30-27-,37-34-,38-35-,43-41-,44-42-,45-36-,51-48-,52-49-,56-53-,65-62-. The number of carbonyl (C=O) groups excluding carboxylic acids is 3. The van der Waals surface area contributed by atoms with Crippen molar-refractivity contribution < 1.29 is 75.8 Å². The van der Waals surface area contributed by atoms with Crippen molar-refractivity contribution in [3.8, 4) is 0 Å². The number of allylic oxidation sites excluding steroid dienone is 36. The predicted octanol–water partition coefficient (Wildman–Crippen LogP) is 23.9. The van der Waals surface area contributed by atoms with E-state index in [0.29, 0.717) is 25.7 Å². The fourth-order valence-corrected chi connectivity index (χ4v) is 11.3. The van der Waals surface area contributed by atoms with Crippen molar-refractivity contribution >= 4 is 33.6 Å². The first-order valence-corrected chi connectivity index (χ1v) is 43.0. The highest BCUT2D eigenvalue weighted by Crippen LogP contribution is 2.45. The molecular weight excluding hydrogens is 1390 g/mol. The first kappa shape index (κ1) is 101. The van der Waals surface area contributed by atoms with Gasteiger partial charge in [0.05, 0.1) is 26.4 Å². The third-order valence-corrected chi connectivity index (χ3v) is 17.6. The first-order chi connectivity index (χ1) is 52.2. The molecule has 0 fully saturated rings. The summed E-state index contributed by atoms with van der Waals surface area (Å²) in [7, 11) is -9.84. The van der Waals surface area contributed by atoms with Crippen molar-refractivity contribution in [2.75, 3.05) is 39.6 Å². The van der Waals surface area contributed by atoms with Gasteiger partial charge in [-0.2, -0.15) is 0 Å². The molecule has 5 atom stereocenters. The van der Waals surface area contributed by atoms with Gasteiger partial charge in [0, 0.05) is 19.3 Å². The van der Waals surface area contributed by atoms with E-state index in [1.54, 1.807) is 0 Å². The summed E-state index contributed by atoms with van der Waals surface area (Å²) in [5, 5.41) is 20.7. The van der Waals surface area contributed by atoms with Gasteiger partial charge in [-0.25, -0.2) is 9.13 Å². The van der Waals surface area contributed by atoms with Crippen molar-refractivity contribution in [3.63, 3.8) is 0 Å². The van der Waals surface area contributed by atoms with Crippen LogP contribution in [0.3, 0.4) is 0 Å². The van der Waals surface area contributed by atoms with Crippen molar-refractivity contribution in [2.45, 2.75) is 283 Å². The van der Waals surface area contributed by atoms with Crippen LogP contribution in [-0.4, -0.2) is 95.9 Å². The Balaban J connectivity index is 4.80. The third kappa shape index (κ3) is 80.7. The van der Waals surface area contributed by atoms with Crippen LogP contribution in [0.2, 0.25) is 0 Å². The Kier molecular flexibility index (Phi) is 74.9. The molecule has 0 aromatic heterocycles. The van der Waals surface area contributed by atoms with E-state index in [0.717, 1.165) is 199 Å². The van der Waals surface area contributed by atoms with Gasteiger partial charge in [-0.15, -0.1) is 0 Å². The molecule has 0 spiro atoms. The minimum absolute atomic E-state index is 0.0353. The molecule has 0 saturated carbocycles. The van der Waals surface area contributed by atoms with E-state index < -0.39 is 91.5 Å². The van der Waals surface area contributed by atoms with Gasteiger partial charge in [-0.05, 0) is 173 Å². The van der Waals surface area contributed by atoms with Crippen molar-refractivity contribution in [3.05, 3.63) is 219 Å². The van der Waals surface area contributed by atoms with Crippen LogP contribution in [0.25, 0.3) is 0 Å². The Morgan fingerprint density at radius 2 is 0.467 bits per heavy atom. The lowest BCUT2D eigenvalue weighted by Gasteiger charge is -2.21. The van der Waals surface area contributed by atoms with Crippen molar-refractivity contribution in [2.24, 2.45) is 0 Å². The van der Waals surface area contributed by atoms with Crippen LogP contribution >= 0.6 is 15.6 Å². The number of aliphatic hydroxyl groups is 2. The maximum atomic E-state index is 13.0. The number of rotatable bonds is 73. The van der Waals surface area contributed by atoms with Gasteiger partial charge in [0.1, 0.15) is 25.4 Å². The Bertz CT molecular complexity index is 2820. The average Bonchev–Trinajstić information content (AvgIpc) is 0.904. The number of hydrogen-bond donors (Lipinski definition) is 4. The lowest BCUT2D eigenvalue weighted by molar-refractivity contribution is -0.161. The maximum Gasteiger partial charge on any atom is 0.472 e. The summed E-state index contributed by atoms with van der Waals surface area (Å²) in [6, 6.07) is 0. The van der Waals surface area contributed by atoms with Gasteiger partial charge in [-0.3, -0.25) is 32.5 Å². The van der Waals surface area contributed by atoms with Crippen LogP contribution in [0.4, 0.5) is 0 Å². The van der Waals surface area contributed by atoms with Gasteiger partial charge in [0.15, 0.2) is 6.10 Å². The zero-order chi connectivity index (χ0) is 78.0. The molecule has 107 heavy (non-hydrogen) atoms. The molecule has 0 radical (unpaired) electrons. The summed E-state index contributed by atoms with van der Waals surface area (Å²) >= 11 is 0. The molecule has 0 aliphatic heterocycles. The van der Waals surface area contributed by atoms with E-state index in [9.17, 15) is 43.5 Å². The smallest absolute Gasteiger partial charge is 0.463 e. The van der Waals surface area contributed by atoms with Crippen LogP contribution in [-0.2, 0) is 55.8 Å². The Labute approximate surface area is 647 Å². The van der Waals surface area contributed by atoms with Crippen LogP contribution < -0.4 is 0 Å². The monoisotopic (exact) mass is 1530 g/mol. The number of carbonyl (C=O) groups is 3. The van der Waals surface area contributed by atoms with Crippen molar-refractivity contribution in [1.29, 1.82) is 0 Å². The van der Waals surface area contributed by atoms with Crippen LogP contribution in [0, 0.1) is 0 Å². The molecule has 0 aliphatic rings. The molecule has 16 nitrogen and oxygen atoms in total. The Hall–Kier alpha value is -6.13. The third-order valence-electron chi connectivity index (χ3n) is 15.7. The number of esters is 3. The molecule has 0 amide bonds. The zero-order valence-electron chi connectivity index (χ0n) is 65.7. The molecule has 4 N–H and O–H groups in total. The second-order valence-corrected chi connectivity index (χ2v) is 28.6. The number of hydrogen-bond acceptors (Lipinski definition) is 14. The summed E-state index contributed by atoms with van der Waals surface area (Å²) in [4.78, 5) is 58.8. The lowest BCUT2D eigenvalue weighted by atomic mass is 10.1. The SMILES string of the molecule is CC/C=C\C/C=C\C/C=C\C/C=C\C/C=C\C/C=C\CCCCCCCCC(=O)OCC(O)COP(=O)(O)OCC(O)COP(=O)(O)OCC(COC(=O)CCCCCCCC/C=C\C/C=C\C/C=C\C/C=C\C/C=C\C/C=C\CC)OC(=O)CCCC/C=C\C/C=C\C/C=C\C/C=C\C/C=C\C/C=C\CC. The summed E-state index contributed by atoms with van der Waals surface area (Å²) in [5.41, 5.74) is 0. The summed E-state index contributed by atoms with van der Waals surface area (Å²) in [6.07, 6.45) is 107. The average molecular weight is 1530 g/mol. The highest BCUT2D eigenvalue weighted by Gasteiger charge is 2.29. The molecule has 5 unspecified atom stereocenters. The van der Waals surface area contributed by atoms with E-state index in [1.165, 1.54) is 0 Å². The van der Waals surface area contributed by atoms with Crippen molar-refractivity contribution in [1.82, 2.24) is 0 Å². The van der Waals surface area contributed by atoms with Gasteiger partial charge in [0.2, 0.25) is 0 Å². The second-order valence-electron chi connectivity index (χ2n) is 25.7. The summed E-state index contributed by atoms with van der Waals surface area (Å²) in [6.45, 7) is 2.22. The maximum absolute atomic E-state index is 13.0. The van der Waals surface area contributed by atoms with Gasteiger partial charge in [0.25, 0.3) is 0 Å². The molecule has 0 aliphatic carbocycles. The highest BCUT2D eigenvalue weighted by molar-refractivity contribution is 7.47. The molecule has 602 valence electrons. The molecule has 0 aromatic rings. The van der Waals surface area contributed by atoms with E-state index in [4.69, 9.17) is 32.3 Å². The molecular formula is C89H140O16P2. The van der Waals surface area contributed by atoms with Gasteiger partial charge < -0.3 is 34.2 Å². The van der Waals surface area contributed by atoms with Gasteiger partial charge >= 0.3 is 33.6 Å². The minimum atomic E-state index is -4.96. The number of phosphoric acid groups is 2. The molecule has 0 heterocycles. The molecule has 0 rings (SSSR count). The van der Waals surface area contributed by atoms with Gasteiger partial charge in [-0.1, -0.05) is 291 Å². The van der Waals surface area contributed by atoms with Crippen LogP contribution in [0.1, 0.15) is 265 Å². The number of aliphatic hydroxyl groups excluding tert-OH is 2. The normalized spacial score (nSPS) is 15.1. The van der Waals surface area contributed by atoms with E-state index >= 15 is 0 Å². The minimum Gasteiger partial charge on any atom is -0.463 e.